The Hall–Kier alpha value is -1.43. The molecule has 0 bridgehead atoms. The molecule has 0 saturated carbocycles. The third-order valence-corrected chi connectivity index (χ3v) is 4.69. The quantitative estimate of drug-likeness (QED) is 0.795. The van der Waals surface area contributed by atoms with Crippen LogP contribution in [0.3, 0.4) is 0 Å². The molecule has 2 heterocycles. The molecule has 1 aliphatic rings. The fraction of sp³-hybridized carbons (Fsp3) is 0.400. The molecule has 0 radical (unpaired) electrons. The molecule has 5 heteroatoms. The highest BCUT2D eigenvalue weighted by atomic mass is 32.1. The minimum atomic E-state index is -0.397. The zero-order valence-electron chi connectivity index (χ0n) is 11.1. The van der Waals surface area contributed by atoms with Crippen LogP contribution in [-0.4, -0.2) is 36.2 Å². The Balaban J connectivity index is 1.54. The van der Waals surface area contributed by atoms with Gasteiger partial charge in [-0.15, -0.1) is 11.3 Å². The summed E-state index contributed by atoms with van der Waals surface area (Å²) in [6.07, 6.45) is 0.949. The van der Waals surface area contributed by atoms with E-state index >= 15 is 0 Å². The number of β-amino-alcohol motifs (C(OH)–C–C–N with tert-alkyl or cyclic N) is 1. The molecule has 20 heavy (non-hydrogen) atoms. The van der Waals surface area contributed by atoms with Crippen LogP contribution in [0.1, 0.15) is 12.0 Å². The van der Waals surface area contributed by atoms with Gasteiger partial charge in [-0.05, 0) is 35.2 Å². The molecule has 106 valence electrons. The van der Waals surface area contributed by atoms with Crippen molar-refractivity contribution in [2.75, 3.05) is 13.1 Å². The van der Waals surface area contributed by atoms with Crippen LogP contribution >= 0.6 is 11.3 Å². The Morgan fingerprint density at radius 1 is 1.45 bits per heavy atom. The summed E-state index contributed by atoms with van der Waals surface area (Å²) in [6.45, 7) is 1.14. The van der Waals surface area contributed by atoms with Crippen LogP contribution in [0.25, 0.3) is 10.1 Å². The largest absolute Gasteiger partial charge is 0.392 e. The molecule has 1 aliphatic heterocycles. The minimum absolute atomic E-state index is 0.0129. The molecule has 1 amide bonds. The molecular weight excluding hydrogens is 272 g/mol. The van der Waals surface area contributed by atoms with Crippen molar-refractivity contribution in [3.05, 3.63) is 35.2 Å². The SMILES string of the molecule is O=C(NCCc1csc2ccccc12)[C@@H]1C[C@@H](O)CN1. The Labute approximate surface area is 121 Å². The highest BCUT2D eigenvalue weighted by Crippen LogP contribution is 2.25. The molecular formula is C15H18N2O2S. The molecule has 2 aromatic rings. The summed E-state index contributed by atoms with van der Waals surface area (Å²) in [7, 11) is 0. The highest BCUT2D eigenvalue weighted by Gasteiger charge is 2.27. The van der Waals surface area contributed by atoms with Gasteiger partial charge in [0.2, 0.25) is 5.91 Å². The van der Waals surface area contributed by atoms with Crippen molar-refractivity contribution in [3.8, 4) is 0 Å². The lowest BCUT2D eigenvalue weighted by Gasteiger charge is -2.10. The number of aliphatic hydroxyl groups excluding tert-OH is 1. The lowest BCUT2D eigenvalue weighted by atomic mass is 10.1. The van der Waals surface area contributed by atoms with Crippen LogP contribution in [0, 0.1) is 0 Å². The number of amides is 1. The van der Waals surface area contributed by atoms with E-state index in [1.807, 2.05) is 12.1 Å². The van der Waals surface area contributed by atoms with Gasteiger partial charge in [0.05, 0.1) is 12.1 Å². The number of thiophene rings is 1. The summed E-state index contributed by atoms with van der Waals surface area (Å²) in [5.41, 5.74) is 1.28. The van der Waals surface area contributed by atoms with Crippen LogP contribution in [-0.2, 0) is 11.2 Å². The predicted octanol–water partition coefficient (Wildman–Crippen LogP) is 1.28. The number of benzene rings is 1. The molecule has 1 aromatic heterocycles. The molecule has 1 fully saturated rings. The zero-order chi connectivity index (χ0) is 13.9. The number of carbonyl (C=O) groups is 1. The lowest BCUT2D eigenvalue weighted by Crippen LogP contribution is -2.41. The van der Waals surface area contributed by atoms with Crippen LogP contribution in [0.15, 0.2) is 29.6 Å². The molecule has 2 atom stereocenters. The third kappa shape index (κ3) is 2.85. The first-order chi connectivity index (χ1) is 9.74. The first-order valence-corrected chi connectivity index (χ1v) is 7.76. The molecule has 0 spiro atoms. The van der Waals surface area contributed by atoms with E-state index in [9.17, 15) is 9.90 Å². The Morgan fingerprint density at radius 3 is 3.10 bits per heavy atom. The van der Waals surface area contributed by atoms with E-state index in [4.69, 9.17) is 0 Å². The molecule has 0 unspecified atom stereocenters. The smallest absolute Gasteiger partial charge is 0.237 e. The maximum Gasteiger partial charge on any atom is 0.237 e. The second-order valence-electron chi connectivity index (χ2n) is 5.15. The Bertz CT molecular complexity index is 611. The minimum Gasteiger partial charge on any atom is -0.392 e. The molecule has 3 rings (SSSR count). The summed E-state index contributed by atoms with van der Waals surface area (Å²) in [5, 5.41) is 18.8. The van der Waals surface area contributed by atoms with Gasteiger partial charge in [-0.2, -0.15) is 0 Å². The number of hydrogen-bond acceptors (Lipinski definition) is 4. The molecule has 0 aliphatic carbocycles. The van der Waals surface area contributed by atoms with Crippen molar-refractivity contribution in [2.45, 2.75) is 25.0 Å². The lowest BCUT2D eigenvalue weighted by molar-refractivity contribution is -0.122. The number of nitrogens with one attached hydrogen (secondary N) is 2. The van der Waals surface area contributed by atoms with Crippen molar-refractivity contribution in [3.63, 3.8) is 0 Å². The van der Waals surface area contributed by atoms with Gasteiger partial charge in [-0.25, -0.2) is 0 Å². The number of carbonyl (C=O) groups excluding carboxylic acids is 1. The summed E-state index contributed by atoms with van der Waals surface area (Å²) >= 11 is 1.74. The Morgan fingerprint density at radius 2 is 2.30 bits per heavy atom. The fourth-order valence-corrected chi connectivity index (χ4v) is 3.58. The number of hydrogen-bond donors (Lipinski definition) is 3. The van der Waals surface area contributed by atoms with E-state index < -0.39 is 6.10 Å². The van der Waals surface area contributed by atoms with Gasteiger partial charge in [0.15, 0.2) is 0 Å². The van der Waals surface area contributed by atoms with Gasteiger partial charge in [0, 0.05) is 17.8 Å². The second kappa shape index (κ2) is 5.91. The van der Waals surface area contributed by atoms with Crippen molar-refractivity contribution in [1.82, 2.24) is 10.6 Å². The van der Waals surface area contributed by atoms with Gasteiger partial charge >= 0.3 is 0 Å². The van der Waals surface area contributed by atoms with Crippen LogP contribution in [0.2, 0.25) is 0 Å². The van der Waals surface area contributed by atoms with Crippen molar-refractivity contribution >= 4 is 27.3 Å². The van der Waals surface area contributed by atoms with Gasteiger partial charge in [-0.3, -0.25) is 4.79 Å². The third-order valence-electron chi connectivity index (χ3n) is 3.68. The van der Waals surface area contributed by atoms with Gasteiger partial charge in [0.25, 0.3) is 0 Å². The predicted molar refractivity (Wildman–Crippen MR) is 81.0 cm³/mol. The van der Waals surface area contributed by atoms with Gasteiger partial charge in [-0.1, -0.05) is 18.2 Å². The zero-order valence-corrected chi connectivity index (χ0v) is 12.0. The van der Waals surface area contributed by atoms with E-state index in [2.05, 4.69) is 28.1 Å². The second-order valence-corrected chi connectivity index (χ2v) is 6.06. The summed E-state index contributed by atoms with van der Waals surface area (Å²) in [4.78, 5) is 11.9. The Kier molecular flexibility index (Phi) is 4.00. The monoisotopic (exact) mass is 290 g/mol. The summed E-state index contributed by atoms with van der Waals surface area (Å²) < 4.78 is 1.29. The maximum absolute atomic E-state index is 11.9. The van der Waals surface area contributed by atoms with Crippen molar-refractivity contribution in [2.24, 2.45) is 0 Å². The van der Waals surface area contributed by atoms with Crippen LogP contribution < -0.4 is 10.6 Å². The average molecular weight is 290 g/mol. The highest BCUT2D eigenvalue weighted by molar-refractivity contribution is 7.17. The van der Waals surface area contributed by atoms with Crippen molar-refractivity contribution < 1.29 is 9.90 Å². The van der Waals surface area contributed by atoms with E-state index in [1.165, 1.54) is 15.6 Å². The number of fused-ring (bicyclic) bond motifs is 1. The summed E-state index contributed by atoms with van der Waals surface area (Å²) in [5.74, 6) is -0.0129. The first kappa shape index (κ1) is 13.5. The summed E-state index contributed by atoms with van der Waals surface area (Å²) in [6, 6.07) is 8.08. The van der Waals surface area contributed by atoms with E-state index in [0.29, 0.717) is 19.5 Å². The van der Waals surface area contributed by atoms with Gasteiger partial charge < -0.3 is 15.7 Å². The van der Waals surface area contributed by atoms with Crippen LogP contribution in [0.4, 0.5) is 0 Å². The van der Waals surface area contributed by atoms with Crippen LogP contribution in [0.5, 0.6) is 0 Å². The molecule has 4 nitrogen and oxygen atoms in total. The van der Waals surface area contributed by atoms with E-state index in [1.54, 1.807) is 11.3 Å². The molecule has 1 aromatic carbocycles. The van der Waals surface area contributed by atoms with Crippen molar-refractivity contribution in [1.29, 1.82) is 0 Å². The average Bonchev–Trinajstić information content (AvgIpc) is 3.06. The molecule has 1 saturated heterocycles. The normalized spacial score (nSPS) is 22.2. The van der Waals surface area contributed by atoms with E-state index in [-0.39, 0.29) is 11.9 Å². The first-order valence-electron chi connectivity index (χ1n) is 6.88. The number of rotatable bonds is 4. The van der Waals surface area contributed by atoms with E-state index in [0.717, 1.165) is 6.42 Å². The standard InChI is InChI=1S/C15H18N2O2S/c18-11-7-13(17-8-11)15(19)16-6-5-10-9-20-14-4-2-1-3-12(10)14/h1-4,9,11,13,17-18H,5-8H2,(H,16,19)/t11-,13+/m1/s1. The topological polar surface area (TPSA) is 61.4 Å². The van der Waals surface area contributed by atoms with Gasteiger partial charge in [0.1, 0.15) is 0 Å². The fourth-order valence-electron chi connectivity index (χ4n) is 2.59. The maximum atomic E-state index is 11.9. The molecule has 3 N–H and O–H groups in total. The number of aliphatic hydroxyl groups is 1.